The van der Waals surface area contributed by atoms with Crippen LogP contribution in [0.5, 0.6) is 0 Å². The van der Waals surface area contributed by atoms with Gasteiger partial charge in [-0.05, 0) is 49.0 Å². The van der Waals surface area contributed by atoms with Gasteiger partial charge >= 0.3 is 5.97 Å². The maximum Gasteiger partial charge on any atom is 0.336 e. The zero-order valence-corrected chi connectivity index (χ0v) is 13.8. The second-order valence-corrected chi connectivity index (χ2v) is 8.00. The van der Waals surface area contributed by atoms with Gasteiger partial charge in [0.15, 0.2) is 0 Å². The van der Waals surface area contributed by atoms with Crippen molar-refractivity contribution in [2.75, 3.05) is 31.5 Å². The van der Waals surface area contributed by atoms with E-state index in [9.17, 15) is 9.90 Å². The Morgan fingerprint density at radius 1 is 1.32 bits per heavy atom. The van der Waals surface area contributed by atoms with Gasteiger partial charge in [-0.15, -0.1) is 0 Å². The monoisotopic (exact) mass is 302 g/mol. The van der Waals surface area contributed by atoms with E-state index < -0.39 is 5.97 Å². The van der Waals surface area contributed by atoms with Gasteiger partial charge < -0.3 is 15.3 Å². The number of hydrogen-bond donors (Lipinski definition) is 2. The Balaban J connectivity index is 1.84. The highest BCUT2D eigenvalue weighted by Crippen LogP contribution is 2.46. The quantitative estimate of drug-likeness (QED) is 0.881. The molecule has 3 rings (SSSR count). The van der Waals surface area contributed by atoms with Crippen LogP contribution in [0.3, 0.4) is 0 Å². The minimum absolute atomic E-state index is 0.00129. The summed E-state index contributed by atoms with van der Waals surface area (Å²) in [6, 6.07) is 5.60. The van der Waals surface area contributed by atoms with Gasteiger partial charge in [0.05, 0.1) is 5.56 Å². The van der Waals surface area contributed by atoms with E-state index in [1.165, 1.54) is 0 Å². The zero-order valence-electron chi connectivity index (χ0n) is 13.8. The lowest BCUT2D eigenvalue weighted by Crippen LogP contribution is -2.46. The van der Waals surface area contributed by atoms with Crippen LogP contribution < -0.4 is 5.32 Å². The first kappa shape index (κ1) is 15.3. The second-order valence-electron chi connectivity index (χ2n) is 8.00. The minimum Gasteiger partial charge on any atom is -0.478 e. The zero-order chi connectivity index (χ0) is 16.0. The topological polar surface area (TPSA) is 52.6 Å². The van der Waals surface area contributed by atoms with Gasteiger partial charge in [-0.2, -0.15) is 0 Å². The maximum absolute atomic E-state index is 11.6. The van der Waals surface area contributed by atoms with Gasteiger partial charge in [0.25, 0.3) is 0 Å². The third-order valence-electron chi connectivity index (χ3n) is 4.95. The molecule has 1 spiro atoms. The number of carboxylic acid groups (broad SMARTS) is 1. The lowest BCUT2D eigenvalue weighted by molar-refractivity contribution is 0.0691. The number of rotatable bonds is 2. The molecule has 0 radical (unpaired) electrons. The molecular formula is C18H26N2O2. The van der Waals surface area contributed by atoms with Gasteiger partial charge in [-0.3, -0.25) is 0 Å². The van der Waals surface area contributed by atoms with E-state index in [2.05, 4.69) is 31.0 Å². The summed E-state index contributed by atoms with van der Waals surface area (Å²) < 4.78 is 0. The summed E-state index contributed by atoms with van der Waals surface area (Å²) in [5.74, 6) is -0.808. The molecule has 0 bridgehead atoms. The molecule has 0 atom stereocenters. The number of likely N-dealkylation sites (tertiary alicyclic amines) is 1. The molecule has 1 aromatic rings. The molecule has 0 aromatic heterocycles. The molecule has 1 saturated heterocycles. The number of carbonyl (C=O) groups is 1. The third-order valence-corrected chi connectivity index (χ3v) is 4.95. The molecule has 2 aliphatic rings. The molecule has 4 heteroatoms. The van der Waals surface area contributed by atoms with Gasteiger partial charge in [0.1, 0.15) is 0 Å². The van der Waals surface area contributed by atoms with E-state index in [1.807, 2.05) is 12.1 Å². The number of carboxylic acids is 1. The van der Waals surface area contributed by atoms with Crippen LogP contribution in [-0.4, -0.2) is 42.2 Å². The fourth-order valence-electron chi connectivity index (χ4n) is 4.04. The normalized spacial score (nSPS) is 20.7. The van der Waals surface area contributed by atoms with Crippen molar-refractivity contribution in [3.63, 3.8) is 0 Å². The number of benzene rings is 1. The standard InChI is InChI=1S/C18H26N2O2/c1-17(2,3)12-20-9-7-18(8-10-20)11-19-14-6-4-5-13(15(14)18)16(21)22/h4-6,19H,7-12H2,1-3H3,(H,21,22). The Morgan fingerprint density at radius 2 is 2.00 bits per heavy atom. The Labute approximate surface area is 132 Å². The van der Waals surface area contributed by atoms with Gasteiger partial charge in [-0.25, -0.2) is 4.79 Å². The van der Waals surface area contributed by atoms with E-state index in [-0.39, 0.29) is 5.41 Å². The predicted molar refractivity (Wildman–Crippen MR) is 88.7 cm³/mol. The van der Waals surface area contributed by atoms with Crippen molar-refractivity contribution in [2.24, 2.45) is 5.41 Å². The van der Waals surface area contributed by atoms with Crippen LogP contribution in [0.25, 0.3) is 0 Å². The summed E-state index contributed by atoms with van der Waals surface area (Å²) in [5.41, 5.74) is 2.84. The van der Waals surface area contributed by atoms with Crippen molar-refractivity contribution in [1.29, 1.82) is 0 Å². The summed E-state index contributed by atoms with van der Waals surface area (Å²) in [5, 5.41) is 13.0. The van der Waals surface area contributed by atoms with Gasteiger partial charge in [0.2, 0.25) is 0 Å². The number of nitrogens with zero attached hydrogens (tertiary/aromatic N) is 1. The predicted octanol–water partition coefficient (Wildman–Crippen LogP) is 3.19. The van der Waals surface area contributed by atoms with E-state index in [0.717, 1.165) is 50.3 Å². The lowest BCUT2D eigenvalue weighted by Gasteiger charge is -2.41. The van der Waals surface area contributed by atoms with Crippen LogP contribution in [0.15, 0.2) is 18.2 Å². The van der Waals surface area contributed by atoms with Crippen molar-refractivity contribution < 1.29 is 9.90 Å². The van der Waals surface area contributed by atoms with Crippen molar-refractivity contribution in [1.82, 2.24) is 4.90 Å². The van der Waals surface area contributed by atoms with Gasteiger partial charge in [-0.1, -0.05) is 26.8 Å². The summed E-state index contributed by atoms with van der Waals surface area (Å²) in [6.07, 6.45) is 2.07. The highest BCUT2D eigenvalue weighted by molar-refractivity contribution is 5.92. The average molecular weight is 302 g/mol. The van der Waals surface area contributed by atoms with Crippen LogP contribution in [0.2, 0.25) is 0 Å². The van der Waals surface area contributed by atoms with Gasteiger partial charge in [0, 0.05) is 24.2 Å². The number of fused-ring (bicyclic) bond motifs is 2. The Bertz CT molecular complexity index is 581. The first-order chi connectivity index (χ1) is 10.3. The first-order valence-corrected chi connectivity index (χ1v) is 8.14. The van der Waals surface area contributed by atoms with Crippen LogP contribution in [0.1, 0.15) is 49.5 Å². The first-order valence-electron chi connectivity index (χ1n) is 8.14. The third kappa shape index (κ3) is 2.72. The maximum atomic E-state index is 11.6. The SMILES string of the molecule is CC(C)(C)CN1CCC2(CC1)CNc1cccc(C(=O)O)c12. The minimum atomic E-state index is -0.808. The highest BCUT2D eigenvalue weighted by Gasteiger charge is 2.44. The molecule has 1 aromatic carbocycles. The molecule has 0 saturated carbocycles. The average Bonchev–Trinajstić information content (AvgIpc) is 2.79. The fraction of sp³-hybridized carbons (Fsp3) is 0.611. The van der Waals surface area contributed by atoms with Crippen LogP contribution in [-0.2, 0) is 5.41 Å². The molecule has 2 heterocycles. The van der Waals surface area contributed by atoms with E-state index in [0.29, 0.717) is 11.0 Å². The van der Waals surface area contributed by atoms with E-state index in [4.69, 9.17) is 0 Å². The molecule has 2 N–H and O–H groups in total. The summed E-state index contributed by atoms with van der Waals surface area (Å²) in [6.45, 7) is 10.9. The Kier molecular flexibility index (Phi) is 3.68. The molecule has 0 amide bonds. The molecule has 0 unspecified atom stereocenters. The molecule has 120 valence electrons. The number of nitrogens with one attached hydrogen (secondary N) is 1. The van der Waals surface area contributed by atoms with E-state index in [1.54, 1.807) is 6.07 Å². The smallest absolute Gasteiger partial charge is 0.336 e. The summed E-state index contributed by atoms with van der Waals surface area (Å²) in [7, 11) is 0. The van der Waals surface area contributed by atoms with Crippen molar-refractivity contribution >= 4 is 11.7 Å². The molecule has 2 aliphatic heterocycles. The van der Waals surface area contributed by atoms with Crippen LogP contribution >= 0.6 is 0 Å². The molecular weight excluding hydrogens is 276 g/mol. The summed E-state index contributed by atoms with van der Waals surface area (Å²) in [4.78, 5) is 14.1. The molecule has 0 aliphatic carbocycles. The van der Waals surface area contributed by atoms with Crippen LogP contribution in [0.4, 0.5) is 5.69 Å². The number of anilines is 1. The van der Waals surface area contributed by atoms with E-state index >= 15 is 0 Å². The Morgan fingerprint density at radius 3 is 2.59 bits per heavy atom. The number of piperidine rings is 1. The molecule has 4 nitrogen and oxygen atoms in total. The van der Waals surface area contributed by atoms with Crippen LogP contribution in [0, 0.1) is 5.41 Å². The van der Waals surface area contributed by atoms with Crippen molar-refractivity contribution in [3.05, 3.63) is 29.3 Å². The van der Waals surface area contributed by atoms with Crippen molar-refractivity contribution in [2.45, 2.75) is 39.0 Å². The lowest BCUT2D eigenvalue weighted by atomic mass is 9.72. The number of aromatic carboxylic acids is 1. The largest absolute Gasteiger partial charge is 0.478 e. The Hall–Kier alpha value is -1.55. The molecule has 22 heavy (non-hydrogen) atoms. The summed E-state index contributed by atoms with van der Waals surface area (Å²) >= 11 is 0. The van der Waals surface area contributed by atoms with Crippen molar-refractivity contribution in [3.8, 4) is 0 Å². The highest BCUT2D eigenvalue weighted by atomic mass is 16.4. The second kappa shape index (κ2) is 5.27. The number of hydrogen-bond acceptors (Lipinski definition) is 3. The fourth-order valence-corrected chi connectivity index (χ4v) is 4.04. The molecule has 1 fully saturated rings.